The van der Waals surface area contributed by atoms with Crippen molar-refractivity contribution in [2.45, 2.75) is 10.2 Å². The third-order valence-corrected chi connectivity index (χ3v) is 4.26. The van der Waals surface area contributed by atoms with Crippen LogP contribution in [-0.4, -0.2) is 40.4 Å². The van der Waals surface area contributed by atoms with Crippen LogP contribution in [0.5, 0.6) is 5.75 Å². The van der Waals surface area contributed by atoms with Crippen LogP contribution in [0.2, 0.25) is 0 Å². The zero-order valence-corrected chi connectivity index (χ0v) is 11.6. The second-order valence-electron chi connectivity index (χ2n) is 3.50. The van der Waals surface area contributed by atoms with Gasteiger partial charge in [0.25, 0.3) is 10.1 Å². The Morgan fingerprint density at radius 2 is 1.65 bits per heavy atom. The van der Waals surface area contributed by atoms with E-state index in [4.69, 9.17) is 9.29 Å². The molecule has 0 bridgehead atoms. The third kappa shape index (κ3) is 3.85. The van der Waals surface area contributed by atoms with Gasteiger partial charge in [0.1, 0.15) is 12.4 Å². The van der Waals surface area contributed by atoms with Gasteiger partial charge in [-0.2, -0.15) is 25.6 Å². The molecule has 0 saturated carbocycles. The summed E-state index contributed by atoms with van der Waals surface area (Å²) >= 11 is 0. The maximum atomic E-state index is 12.8. The minimum absolute atomic E-state index is 0.326. The van der Waals surface area contributed by atoms with Crippen LogP contribution in [0, 0.1) is 0 Å². The lowest BCUT2D eigenvalue weighted by molar-refractivity contribution is 0.0312. The minimum atomic E-state index is -5.76. The molecule has 1 aromatic carbocycles. The summed E-state index contributed by atoms with van der Waals surface area (Å²) in [4.78, 5) is -0.468. The van der Waals surface area contributed by atoms with E-state index in [2.05, 4.69) is 4.18 Å². The molecule has 20 heavy (non-hydrogen) atoms. The lowest BCUT2D eigenvalue weighted by Gasteiger charge is -2.13. The molecule has 0 radical (unpaired) electrons. The molecule has 1 N–H and O–H groups in total. The van der Waals surface area contributed by atoms with Gasteiger partial charge in [-0.3, -0.25) is 8.74 Å². The van der Waals surface area contributed by atoms with E-state index in [0.717, 1.165) is 12.1 Å². The van der Waals surface area contributed by atoms with E-state index in [1.807, 2.05) is 0 Å². The first-order valence-electron chi connectivity index (χ1n) is 4.88. The lowest BCUT2D eigenvalue weighted by atomic mass is 10.3. The number of benzene rings is 1. The first-order valence-corrected chi connectivity index (χ1v) is 7.73. The van der Waals surface area contributed by atoms with Crippen molar-refractivity contribution in [1.82, 2.24) is 0 Å². The van der Waals surface area contributed by atoms with Crippen LogP contribution < -0.4 is 4.74 Å². The van der Waals surface area contributed by atoms with Crippen LogP contribution in [0.4, 0.5) is 8.78 Å². The Morgan fingerprint density at radius 3 is 2.05 bits per heavy atom. The van der Waals surface area contributed by atoms with Crippen LogP contribution in [0.15, 0.2) is 29.2 Å². The normalized spacial score (nSPS) is 13.2. The number of halogens is 2. The van der Waals surface area contributed by atoms with E-state index in [1.165, 1.54) is 19.2 Å². The van der Waals surface area contributed by atoms with E-state index in [1.54, 1.807) is 0 Å². The van der Waals surface area contributed by atoms with Gasteiger partial charge in [-0.25, -0.2) is 0 Å². The summed E-state index contributed by atoms with van der Waals surface area (Å²) in [7, 11) is -9.01. The van der Waals surface area contributed by atoms with Crippen LogP contribution in [0.3, 0.4) is 0 Å². The van der Waals surface area contributed by atoms with Gasteiger partial charge in [0.15, 0.2) is 0 Å². The van der Waals surface area contributed by atoms with Crippen LogP contribution >= 0.6 is 0 Å². The predicted molar refractivity (Wildman–Crippen MR) is 62.6 cm³/mol. The third-order valence-electron chi connectivity index (χ3n) is 2.11. The van der Waals surface area contributed by atoms with E-state index in [0.29, 0.717) is 5.75 Å². The van der Waals surface area contributed by atoms with Crippen molar-refractivity contribution in [3.63, 3.8) is 0 Å². The van der Waals surface area contributed by atoms with E-state index >= 15 is 0 Å². The zero-order chi connectivity index (χ0) is 15.6. The van der Waals surface area contributed by atoms with Crippen molar-refractivity contribution in [1.29, 1.82) is 0 Å². The molecule has 0 spiro atoms. The SMILES string of the molecule is COc1ccc(S(=O)(=O)OCC(F)(F)S(=O)(=O)O)cc1. The topological polar surface area (TPSA) is 107 Å². The second-order valence-corrected chi connectivity index (χ2v) is 6.67. The van der Waals surface area contributed by atoms with Gasteiger partial charge < -0.3 is 4.74 Å². The fourth-order valence-corrected chi connectivity index (χ4v) is 2.22. The van der Waals surface area contributed by atoms with Crippen molar-refractivity contribution < 1.29 is 39.1 Å². The van der Waals surface area contributed by atoms with E-state index in [9.17, 15) is 25.6 Å². The summed E-state index contributed by atoms with van der Waals surface area (Å²) in [5.41, 5.74) is 0. The van der Waals surface area contributed by atoms with Crippen molar-refractivity contribution >= 4 is 20.2 Å². The van der Waals surface area contributed by atoms with Crippen molar-refractivity contribution in [3.05, 3.63) is 24.3 Å². The van der Waals surface area contributed by atoms with Crippen molar-refractivity contribution in [2.75, 3.05) is 13.7 Å². The number of methoxy groups -OCH3 is 1. The molecule has 0 saturated heterocycles. The summed E-state index contributed by atoms with van der Waals surface area (Å²) < 4.78 is 86.3. The Balaban J connectivity index is 2.90. The number of ether oxygens (including phenoxy) is 1. The van der Waals surface area contributed by atoms with Crippen molar-refractivity contribution in [2.24, 2.45) is 0 Å². The Kier molecular flexibility index (Phi) is 4.69. The molecule has 0 aliphatic rings. The fourth-order valence-electron chi connectivity index (χ4n) is 1.03. The minimum Gasteiger partial charge on any atom is -0.497 e. The maximum absolute atomic E-state index is 12.8. The average Bonchev–Trinajstić information content (AvgIpc) is 2.35. The van der Waals surface area contributed by atoms with Gasteiger partial charge in [0, 0.05) is 0 Å². The summed E-state index contributed by atoms with van der Waals surface area (Å²) in [6.45, 7) is -2.03. The quantitative estimate of drug-likeness (QED) is 0.608. The summed E-state index contributed by atoms with van der Waals surface area (Å²) in [5, 5.41) is -4.73. The Hall–Kier alpha value is -1.30. The Bertz CT molecular complexity index is 665. The molecule has 0 aromatic heterocycles. The van der Waals surface area contributed by atoms with Crippen molar-refractivity contribution in [3.8, 4) is 5.75 Å². The molecule has 7 nitrogen and oxygen atoms in total. The number of alkyl halides is 2. The molecule has 0 fully saturated rings. The number of hydrogen-bond acceptors (Lipinski definition) is 6. The van der Waals surface area contributed by atoms with Crippen LogP contribution in [0.1, 0.15) is 0 Å². The van der Waals surface area contributed by atoms with Gasteiger partial charge in [0.05, 0.1) is 12.0 Å². The largest absolute Gasteiger partial charge is 0.497 e. The highest BCUT2D eigenvalue weighted by Crippen LogP contribution is 2.24. The first-order chi connectivity index (χ1) is 8.99. The predicted octanol–water partition coefficient (Wildman–Crippen LogP) is 0.881. The molecule has 0 atom stereocenters. The van der Waals surface area contributed by atoms with Crippen LogP contribution in [-0.2, 0) is 24.4 Å². The molecule has 0 unspecified atom stereocenters. The highest BCUT2D eigenvalue weighted by molar-refractivity contribution is 7.87. The molecule has 0 amide bonds. The monoisotopic (exact) mass is 332 g/mol. The van der Waals surface area contributed by atoms with Gasteiger partial charge in [-0.05, 0) is 24.3 Å². The molecular weight excluding hydrogens is 322 g/mol. The molecular formula is C9H10F2O7S2. The van der Waals surface area contributed by atoms with Gasteiger partial charge in [-0.15, -0.1) is 0 Å². The Morgan fingerprint density at radius 1 is 1.15 bits per heavy atom. The summed E-state index contributed by atoms with van der Waals surface area (Å²) in [6.07, 6.45) is 0. The molecule has 0 aliphatic heterocycles. The average molecular weight is 332 g/mol. The molecule has 11 heteroatoms. The van der Waals surface area contributed by atoms with Crippen LogP contribution in [0.25, 0.3) is 0 Å². The molecule has 0 heterocycles. The molecule has 1 aromatic rings. The smallest absolute Gasteiger partial charge is 0.393 e. The molecule has 1 rings (SSSR count). The zero-order valence-electron chi connectivity index (χ0n) is 9.99. The van der Waals surface area contributed by atoms with Gasteiger partial charge in [-0.1, -0.05) is 0 Å². The Labute approximate surface area is 114 Å². The summed E-state index contributed by atoms with van der Waals surface area (Å²) in [6, 6.07) is 4.55. The van der Waals surface area contributed by atoms with E-state index in [-0.39, 0.29) is 0 Å². The maximum Gasteiger partial charge on any atom is 0.393 e. The number of rotatable bonds is 6. The van der Waals surface area contributed by atoms with Gasteiger partial charge in [0.2, 0.25) is 0 Å². The molecule has 114 valence electrons. The lowest BCUT2D eigenvalue weighted by Crippen LogP contribution is -2.34. The highest BCUT2D eigenvalue weighted by Gasteiger charge is 2.45. The highest BCUT2D eigenvalue weighted by atomic mass is 32.2. The second kappa shape index (κ2) is 5.60. The fraction of sp³-hybridized carbons (Fsp3) is 0.333. The summed E-state index contributed by atoms with van der Waals surface area (Å²) in [5.74, 6) is 0.326. The first kappa shape index (κ1) is 16.8. The van der Waals surface area contributed by atoms with Gasteiger partial charge >= 0.3 is 15.4 Å². The van der Waals surface area contributed by atoms with E-state index < -0.39 is 37.0 Å². The number of hydrogen-bond donors (Lipinski definition) is 1. The molecule has 0 aliphatic carbocycles. The standard InChI is InChI=1S/C9H10F2O7S2/c1-17-7-2-4-8(5-3-7)19(12,13)18-6-9(10,11)20(14,15)16/h2-5H,6H2,1H3,(H,14,15,16).